The van der Waals surface area contributed by atoms with Gasteiger partial charge in [0.2, 0.25) is 5.91 Å². The van der Waals surface area contributed by atoms with E-state index in [4.69, 9.17) is 11.1 Å². The predicted molar refractivity (Wildman–Crippen MR) is 95.7 cm³/mol. The molecule has 3 atom stereocenters. The summed E-state index contributed by atoms with van der Waals surface area (Å²) in [5, 5.41) is 7.44. The molecule has 132 valence electrons. The Balaban J connectivity index is 2.36. The van der Waals surface area contributed by atoms with E-state index in [1.807, 2.05) is 49.1 Å². The van der Waals surface area contributed by atoms with Crippen molar-refractivity contribution in [2.24, 2.45) is 16.1 Å². The summed E-state index contributed by atoms with van der Waals surface area (Å²) in [6.07, 6.45) is 1.09. The fraction of sp³-hybridized carbons (Fsp3) is 0.588. The SMILES string of the molecule is CCN(CC)C(=O)[C@@]1(c2ccccc2)C[C@H]1[C@H](CCN=[N+]=[N-])N=[N+]=[N-]. The highest BCUT2D eigenvalue weighted by Crippen LogP contribution is 2.58. The van der Waals surface area contributed by atoms with Crippen LogP contribution in [0.15, 0.2) is 40.6 Å². The van der Waals surface area contributed by atoms with E-state index in [-0.39, 0.29) is 24.4 Å². The van der Waals surface area contributed by atoms with E-state index < -0.39 is 5.41 Å². The van der Waals surface area contributed by atoms with E-state index in [9.17, 15) is 4.79 Å². The van der Waals surface area contributed by atoms with Gasteiger partial charge in [0.15, 0.2) is 0 Å². The molecule has 1 saturated carbocycles. The second kappa shape index (κ2) is 8.42. The third-order valence-electron chi connectivity index (χ3n) is 4.99. The molecule has 2 rings (SSSR count). The zero-order valence-corrected chi connectivity index (χ0v) is 14.6. The summed E-state index contributed by atoms with van der Waals surface area (Å²) in [4.78, 5) is 20.8. The molecule has 0 unspecified atom stereocenters. The van der Waals surface area contributed by atoms with Gasteiger partial charge in [-0.15, -0.1) is 0 Å². The molecular formula is C17H23N7O. The first kappa shape index (κ1) is 18.6. The monoisotopic (exact) mass is 341 g/mol. The number of nitrogens with zero attached hydrogens (tertiary/aromatic N) is 7. The van der Waals surface area contributed by atoms with Crippen molar-refractivity contribution in [3.63, 3.8) is 0 Å². The smallest absolute Gasteiger partial charge is 0.233 e. The molecule has 0 heterocycles. The van der Waals surface area contributed by atoms with Gasteiger partial charge in [-0.25, -0.2) is 0 Å². The number of hydrogen-bond donors (Lipinski definition) is 0. The molecule has 0 radical (unpaired) electrons. The summed E-state index contributed by atoms with van der Waals surface area (Å²) in [5.41, 5.74) is 17.7. The largest absolute Gasteiger partial charge is 0.342 e. The van der Waals surface area contributed by atoms with E-state index >= 15 is 0 Å². The Hall–Kier alpha value is -2.69. The number of amides is 1. The van der Waals surface area contributed by atoms with Crippen molar-refractivity contribution in [2.45, 2.75) is 38.1 Å². The fourth-order valence-corrected chi connectivity index (χ4v) is 3.62. The maximum atomic E-state index is 13.2. The highest BCUT2D eigenvalue weighted by atomic mass is 16.2. The van der Waals surface area contributed by atoms with Gasteiger partial charge < -0.3 is 4.90 Å². The highest BCUT2D eigenvalue weighted by molar-refractivity contribution is 5.92. The lowest BCUT2D eigenvalue weighted by Crippen LogP contribution is -2.41. The Kier molecular flexibility index (Phi) is 6.28. The average Bonchev–Trinajstić information content (AvgIpc) is 3.39. The molecule has 1 amide bonds. The fourth-order valence-electron chi connectivity index (χ4n) is 3.62. The highest BCUT2D eigenvalue weighted by Gasteiger charge is 2.63. The van der Waals surface area contributed by atoms with Crippen LogP contribution in [0.4, 0.5) is 0 Å². The van der Waals surface area contributed by atoms with Gasteiger partial charge in [0.1, 0.15) is 0 Å². The molecule has 1 aromatic carbocycles. The van der Waals surface area contributed by atoms with Gasteiger partial charge in [0.05, 0.1) is 5.41 Å². The van der Waals surface area contributed by atoms with Gasteiger partial charge in [-0.1, -0.05) is 40.6 Å². The third kappa shape index (κ3) is 3.71. The van der Waals surface area contributed by atoms with Gasteiger partial charge in [0.25, 0.3) is 0 Å². The number of rotatable bonds is 9. The summed E-state index contributed by atoms with van der Waals surface area (Å²) < 4.78 is 0. The van der Waals surface area contributed by atoms with Gasteiger partial charge in [-0.2, -0.15) is 0 Å². The van der Waals surface area contributed by atoms with Gasteiger partial charge in [0, 0.05) is 35.5 Å². The maximum absolute atomic E-state index is 13.2. The van der Waals surface area contributed by atoms with Gasteiger partial charge >= 0.3 is 0 Å². The van der Waals surface area contributed by atoms with Crippen molar-refractivity contribution < 1.29 is 4.79 Å². The van der Waals surface area contributed by atoms with E-state index in [0.29, 0.717) is 25.9 Å². The van der Waals surface area contributed by atoms with Crippen molar-refractivity contribution in [2.75, 3.05) is 19.6 Å². The molecule has 0 aliphatic heterocycles. The molecule has 8 nitrogen and oxygen atoms in total. The van der Waals surface area contributed by atoms with Crippen molar-refractivity contribution >= 4 is 5.91 Å². The Morgan fingerprint density at radius 2 is 1.96 bits per heavy atom. The Morgan fingerprint density at radius 3 is 2.52 bits per heavy atom. The first-order valence-corrected chi connectivity index (χ1v) is 8.55. The molecule has 0 N–H and O–H groups in total. The van der Waals surface area contributed by atoms with Crippen LogP contribution in [0.1, 0.15) is 32.3 Å². The van der Waals surface area contributed by atoms with Crippen LogP contribution in [0.2, 0.25) is 0 Å². The number of benzene rings is 1. The predicted octanol–water partition coefficient (Wildman–Crippen LogP) is 4.19. The summed E-state index contributed by atoms with van der Waals surface area (Å²) in [7, 11) is 0. The van der Waals surface area contributed by atoms with Crippen molar-refractivity contribution in [1.82, 2.24) is 4.90 Å². The second-order valence-electron chi connectivity index (χ2n) is 6.14. The molecule has 0 spiro atoms. The second-order valence-corrected chi connectivity index (χ2v) is 6.14. The number of carbonyl (C=O) groups excluding carboxylic acids is 1. The quantitative estimate of drug-likeness (QED) is 0.373. The minimum atomic E-state index is -0.650. The summed E-state index contributed by atoms with van der Waals surface area (Å²) >= 11 is 0. The number of hydrogen-bond acceptors (Lipinski definition) is 3. The molecule has 1 aromatic rings. The van der Waals surface area contributed by atoms with Crippen molar-refractivity contribution in [3.05, 3.63) is 56.8 Å². The molecular weight excluding hydrogens is 318 g/mol. The first-order valence-electron chi connectivity index (χ1n) is 8.55. The van der Waals surface area contributed by atoms with Gasteiger partial charge in [-0.05, 0) is 49.2 Å². The normalized spacial score (nSPS) is 22.2. The van der Waals surface area contributed by atoms with Crippen LogP contribution in [-0.4, -0.2) is 36.5 Å². The zero-order chi connectivity index (χ0) is 18.3. The third-order valence-corrected chi connectivity index (χ3v) is 4.99. The zero-order valence-electron chi connectivity index (χ0n) is 14.6. The van der Waals surface area contributed by atoms with Crippen molar-refractivity contribution in [1.29, 1.82) is 0 Å². The van der Waals surface area contributed by atoms with Crippen LogP contribution in [0, 0.1) is 5.92 Å². The van der Waals surface area contributed by atoms with E-state index in [2.05, 4.69) is 20.1 Å². The molecule has 1 aliphatic rings. The van der Waals surface area contributed by atoms with E-state index in [0.717, 1.165) is 5.56 Å². The lowest BCUT2D eigenvalue weighted by molar-refractivity contribution is -0.134. The lowest BCUT2D eigenvalue weighted by Gasteiger charge is -2.27. The molecule has 1 fully saturated rings. The molecule has 0 bridgehead atoms. The van der Waals surface area contributed by atoms with E-state index in [1.54, 1.807) is 0 Å². The average molecular weight is 341 g/mol. The summed E-state index contributed by atoms with van der Waals surface area (Å²) in [6, 6.07) is 9.32. The standard InChI is InChI=1S/C17H23N7O/c1-3-24(4-2)16(25)17(13-8-6-5-7-9-13)12-14(17)15(21-23-19)10-11-20-22-18/h5-9,14-15H,3-4,10-12H2,1-2H3/t14-,15-,17+/m0/s1. The molecule has 25 heavy (non-hydrogen) atoms. The topological polar surface area (TPSA) is 118 Å². The minimum Gasteiger partial charge on any atom is -0.342 e. The number of likely N-dealkylation sites (N-methyl/N-ethyl adjacent to an activating group) is 1. The van der Waals surface area contributed by atoms with Crippen LogP contribution in [-0.2, 0) is 10.2 Å². The van der Waals surface area contributed by atoms with Crippen LogP contribution >= 0.6 is 0 Å². The number of azide groups is 2. The Bertz CT molecular complexity index is 690. The lowest BCUT2D eigenvalue weighted by atomic mass is 9.88. The summed E-state index contributed by atoms with van der Waals surface area (Å²) in [6.45, 7) is 5.46. The van der Waals surface area contributed by atoms with Crippen LogP contribution < -0.4 is 0 Å². The molecule has 0 saturated heterocycles. The molecule has 0 aromatic heterocycles. The Morgan fingerprint density at radius 1 is 1.28 bits per heavy atom. The van der Waals surface area contributed by atoms with Gasteiger partial charge in [-0.3, -0.25) is 4.79 Å². The molecule has 8 heteroatoms. The van der Waals surface area contributed by atoms with E-state index in [1.165, 1.54) is 0 Å². The molecule has 1 aliphatic carbocycles. The minimum absolute atomic E-state index is 0.0761. The van der Waals surface area contributed by atoms with Crippen LogP contribution in [0.5, 0.6) is 0 Å². The maximum Gasteiger partial charge on any atom is 0.233 e. The Labute approximate surface area is 147 Å². The first-order chi connectivity index (χ1) is 12.1. The van der Waals surface area contributed by atoms with Crippen molar-refractivity contribution in [3.8, 4) is 0 Å². The number of carbonyl (C=O) groups is 1. The summed E-state index contributed by atoms with van der Waals surface area (Å²) in [5.74, 6) is 0.00316. The van der Waals surface area contributed by atoms with Crippen LogP contribution in [0.3, 0.4) is 0 Å². The van der Waals surface area contributed by atoms with Crippen LogP contribution in [0.25, 0.3) is 20.9 Å².